The molecule has 1 aliphatic carbocycles. The van der Waals surface area contributed by atoms with Crippen LogP contribution in [0.25, 0.3) is 11.0 Å². The number of rotatable bonds is 5. The van der Waals surface area contributed by atoms with Gasteiger partial charge in [-0.1, -0.05) is 24.3 Å². The molecule has 4 rings (SSSR count). The number of alkyl halides is 3. The monoisotopic (exact) mass is 406 g/mol. The van der Waals surface area contributed by atoms with Crippen LogP contribution in [0.5, 0.6) is 5.88 Å². The molecule has 0 amide bonds. The number of halogens is 3. The van der Waals surface area contributed by atoms with E-state index in [0.717, 1.165) is 5.56 Å². The van der Waals surface area contributed by atoms with E-state index >= 15 is 0 Å². The fourth-order valence-electron chi connectivity index (χ4n) is 3.79. The second-order valence-electron chi connectivity index (χ2n) is 7.41. The van der Waals surface area contributed by atoms with Crippen LogP contribution in [-0.4, -0.2) is 38.1 Å². The van der Waals surface area contributed by atoms with E-state index in [2.05, 4.69) is 15.1 Å². The molecule has 1 atom stereocenters. The zero-order valence-corrected chi connectivity index (χ0v) is 16.3. The highest BCUT2D eigenvalue weighted by Crippen LogP contribution is 2.58. The second-order valence-corrected chi connectivity index (χ2v) is 7.41. The molecular formula is C20H21F3N4O2. The molecule has 2 aromatic heterocycles. The van der Waals surface area contributed by atoms with Crippen LogP contribution in [0.4, 0.5) is 13.2 Å². The van der Waals surface area contributed by atoms with Crippen LogP contribution in [0, 0.1) is 6.92 Å². The quantitative estimate of drug-likeness (QED) is 0.697. The largest absolute Gasteiger partial charge is 0.480 e. The summed E-state index contributed by atoms with van der Waals surface area (Å²) in [6.07, 6.45) is -3.98. The first kappa shape index (κ1) is 19.6. The lowest BCUT2D eigenvalue weighted by Crippen LogP contribution is -2.28. The van der Waals surface area contributed by atoms with Crippen molar-refractivity contribution >= 4 is 11.0 Å². The highest BCUT2D eigenvalue weighted by Gasteiger charge is 2.64. The first-order chi connectivity index (χ1) is 13.7. The summed E-state index contributed by atoms with van der Waals surface area (Å²) in [5.74, 6) is 0.814. The Morgan fingerprint density at radius 3 is 2.38 bits per heavy atom. The molecule has 0 bridgehead atoms. The summed E-state index contributed by atoms with van der Waals surface area (Å²) >= 11 is 0. The maximum Gasteiger partial charge on any atom is 0.398 e. The van der Waals surface area contributed by atoms with Crippen molar-refractivity contribution in [3.05, 3.63) is 46.9 Å². The number of aromatic nitrogens is 4. The Kier molecular flexibility index (Phi) is 4.53. The molecule has 29 heavy (non-hydrogen) atoms. The van der Waals surface area contributed by atoms with Crippen molar-refractivity contribution in [2.75, 3.05) is 7.11 Å². The molecule has 1 unspecified atom stereocenters. The van der Waals surface area contributed by atoms with E-state index in [-0.39, 0.29) is 25.5 Å². The van der Waals surface area contributed by atoms with Crippen LogP contribution in [0.15, 0.2) is 24.3 Å². The molecule has 0 radical (unpaired) electrons. The Bertz CT molecular complexity index is 1060. The maximum absolute atomic E-state index is 13.4. The van der Waals surface area contributed by atoms with Crippen molar-refractivity contribution in [3.63, 3.8) is 0 Å². The minimum absolute atomic E-state index is 0.130. The number of methoxy groups -OCH3 is 1. The number of hydrogen-bond donors (Lipinski definition) is 1. The Balaban J connectivity index is 1.75. The predicted molar refractivity (Wildman–Crippen MR) is 99.8 cm³/mol. The summed E-state index contributed by atoms with van der Waals surface area (Å²) in [7, 11) is 1.48. The van der Waals surface area contributed by atoms with Gasteiger partial charge in [-0.3, -0.25) is 0 Å². The molecular weight excluding hydrogens is 385 g/mol. The van der Waals surface area contributed by atoms with Crippen LogP contribution < -0.4 is 4.74 Å². The highest BCUT2D eigenvalue weighted by atomic mass is 19.4. The number of aliphatic hydroxyl groups is 1. The number of aryl methyl sites for hydroxylation is 1. The summed E-state index contributed by atoms with van der Waals surface area (Å²) in [5.41, 5.74) is 0.269. The van der Waals surface area contributed by atoms with E-state index in [4.69, 9.17) is 4.74 Å². The third-order valence-electron chi connectivity index (χ3n) is 5.65. The van der Waals surface area contributed by atoms with Crippen LogP contribution >= 0.6 is 0 Å². The third kappa shape index (κ3) is 3.04. The standard InChI is InChI=1S/C20H21F3N4O2/c1-11(13-4-6-14(7-5-13)19(8-9-19)20(21,22)23)27-17-16(15(10-28)26-27)18(29-3)25-12(2)24-17/h4-7,11,28H,8-10H2,1-3H3. The van der Waals surface area contributed by atoms with E-state index in [1.54, 1.807) is 35.9 Å². The molecule has 6 nitrogen and oxygen atoms in total. The smallest absolute Gasteiger partial charge is 0.398 e. The average Bonchev–Trinajstić information content (AvgIpc) is 3.44. The Labute approximate surface area is 165 Å². The van der Waals surface area contributed by atoms with Gasteiger partial charge >= 0.3 is 6.18 Å². The van der Waals surface area contributed by atoms with Crippen molar-refractivity contribution in [3.8, 4) is 5.88 Å². The molecule has 9 heteroatoms. The summed E-state index contributed by atoms with van der Waals surface area (Å²) in [5, 5.41) is 14.7. The molecule has 2 heterocycles. The lowest BCUT2D eigenvalue weighted by molar-refractivity contribution is -0.160. The number of aliphatic hydroxyl groups excluding tert-OH is 1. The first-order valence-electron chi connectivity index (χ1n) is 9.29. The Morgan fingerprint density at radius 2 is 1.86 bits per heavy atom. The maximum atomic E-state index is 13.4. The minimum atomic E-state index is -4.24. The van der Waals surface area contributed by atoms with E-state index in [9.17, 15) is 18.3 Å². The van der Waals surface area contributed by atoms with Crippen molar-refractivity contribution < 1.29 is 23.0 Å². The lowest BCUT2D eigenvalue weighted by atomic mass is 9.93. The van der Waals surface area contributed by atoms with Gasteiger partial charge in [0.2, 0.25) is 5.88 Å². The van der Waals surface area contributed by atoms with E-state index < -0.39 is 11.6 Å². The van der Waals surface area contributed by atoms with Crippen molar-refractivity contribution in [1.82, 2.24) is 19.7 Å². The van der Waals surface area contributed by atoms with Crippen LogP contribution in [0.3, 0.4) is 0 Å². The molecule has 0 spiro atoms. The molecule has 1 fully saturated rings. The van der Waals surface area contributed by atoms with Gasteiger partial charge in [0.25, 0.3) is 0 Å². The number of nitrogens with zero attached hydrogens (tertiary/aromatic N) is 4. The van der Waals surface area contributed by atoms with E-state index in [0.29, 0.717) is 34.0 Å². The van der Waals surface area contributed by atoms with E-state index in [1.807, 2.05) is 6.92 Å². The molecule has 0 aliphatic heterocycles. The number of ether oxygens (including phenoxy) is 1. The van der Waals surface area contributed by atoms with Crippen LogP contribution in [-0.2, 0) is 12.0 Å². The van der Waals surface area contributed by atoms with Gasteiger partial charge in [0.05, 0.1) is 25.2 Å². The molecule has 1 aromatic carbocycles. The van der Waals surface area contributed by atoms with Gasteiger partial charge < -0.3 is 9.84 Å². The van der Waals surface area contributed by atoms with Gasteiger partial charge in [0, 0.05) is 0 Å². The number of benzene rings is 1. The van der Waals surface area contributed by atoms with E-state index in [1.165, 1.54) is 7.11 Å². The normalized spacial score (nSPS) is 16.8. The average molecular weight is 406 g/mol. The van der Waals surface area contributed by atoms with Gasteiger partial charge in [0.1, 0.15) is 16.9 Å². The molecule has 3 aromatic rings. The lowest BCUT2D eigenvalue weighted by Gasteiger charge is -2.21. The van der Waals surface area contributed by atoms with Crippen LogP contribution in [0.2, 0.25) is 0 Å². The molecule has 1 aliphatic rings. The molecule has 1 N–H and O–H groups in total. The number of hydrogen-bond acceptors (Lipinski definition) is 5. The van der Waals surface area contributed by atoms with Gasteiger partial charge in [-0.2, -0.15) is 23.3 Å². The summed E-state index contributed by atoms with van der Waals surface area (Å²) < 4.78 is 47.1. The number of fused-ring (bicyclic) bond motifs is 1. The van der Waals surface area contributed by atoms with Gasteiger partial charge in [0.15, 0.2) is 5.65 Å². The van der Waals surface area contributed by atoms with Crippen LogP contribution in [0.1, 0.15) is 48.5 Å². The van der Waals surface area contributed by atoms with Crippen molar-refractivity contribution in [1.29, 1.82) is 0 Å². The molecule has 1 saturated carbocycles. The second kappa shape index (κ2) is 6.69. The Morgan fingerprint density at radius 1 is 1.21 bits per heavy atom. The third-order valence-corrected chi connectivity index (χ3v) is 5.65. The van der Waals surface area contributed by atoms with Crippen molar-refractivity contribution in [2.24, 2.45) is 0 Å². The fourth-order valence-corrected chi connectivity index (χ4v) is 3.79. The van der Waals surface area contributed by atoms with Gasteiger partial charge in [-0.25, -0.2) is 9.67 Å². The summed E-state index contributed by atoms with van der Waals surface area (Å²) in [6, 6.07) is 6.18. The molecule has 154 valence electrons. The minimum Gasteiger partial charge on any atom is -0.480 e. The summed E-state index contributed by atoms with van der Waals surface area (Å²) in [4.78, 5) is 8.69. The fraction of sp³-hybridized carbons (Fsp3) is 0.450. The van der Waals surface area contributed by atoms with Gasteiger partial charge in [-0.05, 0) is 37.8 Å². The van der Waals surface area contributed by atoms with Gasteiger partial charge in [-0.15, -0.1) is 0 Å². The zero-order valence-electron chi connectivity index (χ0n) is 16.3. The Hall–Kier alpha value is -2.68. The molecule has 0 saturated heterocycles. The SMILES string of the molecule is COc1nc(C)nc2c1c(CO)nn2C(C)c1ccc(C2(C(F)(F)F)CC2)cc1. The first-order valence-corrected chi connectivity index (χ1v) is 9.29. The predicted octanol–water partition coefficient (Wildman–Crippen LogP) is 3.84. The van der Waals surface area contributed by atoms with Crippen molar-refractivity contribution in [2.45, 2.75) is 50.9 Å². The summed E-state index contributed by atoms with van der Waals surface area (Å²) in [6.45, 7) is 3.29. The zero-order chi connectivity index (χ0) is 21.0. The highest BCUT2D eigenvalue weighted by molar-refractivity contribution is 5.84. The topological polar surface area (TPSA) is 73.1 Å².